The average molecular weight is 516 g/mol. The fourth-order valence-electron chi connectivity index (χ4n) is 4.06. The number of hydrogen-bond donors (Lipinski definition) is 2. The van der Waals surface area contributed by atoms with Gasteiger partial charge in [0.15, 0.2) is 0 Å². The third kappa shape index (κ3) is 2.93. The van der Waals surface area contributed by atoms with Crippen LogP contribution in [0.4, 0.5) is 5.69 Å². The summed E-state index contributed by atoms with van der Waals surface area (Å²) in [6.45, 7) is 0. The summed E-state index contributed by atoms with van der Waals surface area (Å²) >= 11 is 0.912. The number of anilines is 1. The minimum atomic E-state index is 0.446. The number of benzene rings is 4. The molecule has 0 aliphatic rings. The maximum absolute atomic E-state index is 5.78. The van der Waals surface area contributed by atoms with Gasteiger partial charge in [-0.25, -0.2) is 0 Å². The van der Waals surface area contributed by atoms with Gasteiger partial charge in [0.2, 0.25) is 0 Å². The van der Waals surface area contributed by atoms with Gasteiger partial charge in [0.05, 0.1) is 0 Å². The number of hydrogen-bond acceptors (Lipinski definition) is 1. The van der Waals surface area contributed by atoms with E-state index in [4.69, 9.17) is 5.73 Å². The van der Waals surface area contributed by atoms with Crippen LogP contribution in [0.5, 0.6) is 0 Å². The van der Waals surface area contributed by atoms with Gasteiger partial charge in [0, 0.05) is 0 Å². The van der Waals surface area contributed by atoms with Crippen LogP contribution in [0.1, 0.15) is 0 Å². The van der Waals surface area contributed by atoms with Crippen LogP contribution in [0, 0.1) is 0 Å². The molecule has 0 spiro atoms. The van der Waals surface area contributed by atoms with Gasteiger partial charge in [-0.15, -0.1) is 0 Å². The molecular weight excluding hydrogens is 498 g/mol. The number of aromatic nitrogens is 1. The second-order valence-electron chi connectivity index (χ2n) is 7.33. The number of rotatable bonds is 0. The number of fused-ring (bicyclic) bond motifs is 8. The van der Waals surface area contributed by atoms with E-state index in [1.54, 1.807) is 0 Å². The molecule has 0 unspecified atom stereocenters. The van der Waals surface area contributed by atoms with Crippen LogP contribution in [0.2, 0.25) is 0 Å². The van der Waals surface area contributed by atoms with Gasteiger partial charge in [-0.2, -0.15) is 0 Å². The Labute approximate surface area is 185 Å². The number of nitrogens with two attached hydrogens (primary N) is 1. The number of aromatic amines is 1. The van der Waals surface area contributed by atoms with Gasteiger partial charge in [-0.1, -0.05) is 0 Å². The van der Waals surface area contributed by atoms with Crippen molar-refractivity contribution < 1.29 is 0 Å². The maximum atomic E-state index is 5.78. The average Bonchev–Trinajstić information content (AvgIpc) is 3.48. The molecule has 0 amide bonds. The molecule has 7 rings (SSSR count). The zero-order chi connectivity index (χ0) is 20.1. The monoisotopic (exact) mass is 518 g/mol. The van der Waals surface area contributed by atoms with Crippen LogP contribution >= 0.6 is 0 Å². The van der Waals surface area contributed by atoms with E-state index in [9.17, 15) is 0 Å². The zero-order valence-corrected chi connectivity index (χ0v) is 19.5. The van der Waals surface area contributed by atoms with Crippen molar-refractivity contribution in [3.05, 3.63) is 91.1 Å². The molecule has 0 radical (unpaired) electrons. The topological polar surface area (TPSA) is 41.8 Å². The van der Waals surface area contributed by atoms with Crippen molar-refractivity contribution in [2.75, 3.05) is 5.73 Å². The predicted molar refractivity (Wildman–Crippen MR) is 133 cm³/mol. The van der Waals surface area contributed by atoms with Crippen LogP contribution in [-0.4, -0.2) is 34.0 Å². The Morgan fingerprint density at radius 3 is 2.07 bits per heavy atom. The van der Waals surface area contributed by atoms with Crippen molar-refractivity contribution in [2.24, 2.45) is 0 Å². The Kier molecular flexibility index (Phi) is 4.33. The molecule has 7 aromatic rings. The first-order valence-electron chi connectivity index (χ1n) is 9.82. The van der Waals surface area contributed by atoms with Crippen molar-refractivity contribution in [3.63, 3.8) is 0 Å². The van der Waals surface area contributed by atoms with Crippen molar-refractivity contribution in [3.8, 4) is 0 Å². The molecule has 3 aromatic heterocycles. The predicted octanol–water partition coefficient (Wildman–Crippen LogP) is 6.16. The molecule has 0 aliphatic carbocycles. The van der Waals surface area contributed by atoms with Crippen molar-refractivity contribution in [2.45, 2.75) is 0 Å². The SMILES string of the molecule is Nc1ccc2c(c1)[se]c1ccccc12.c1ccc2c(c1)[se]c1c3cc[nH]c3ccc21. The second-order valence-corrected chi connectivity index (χ2v) is 11.8. The molecule has 30 heavy (non-hydrogen) atoms. The van der Waals surface area contributed by atoms with Gasteiger partial charge in [-0.05, 0) is 0 Å². The van der Waals surface area contributed by atoms with E-state index in [2.05, 4.69) is 83.8 Å². The van der Waals surface area contributed by atoms with Crippen LogP contribution < -0.4 is 5.73 Å². The third-order valence-electron chi connectivity index (χ3n) is 5.48. The quantitative estimate of drug-likeness (QED) is 0.184. The van der Waals surface area contributed by atoms with E-state index in [-0.39, 0.29) is 0 Å². The van der Waals surface area contributed by atoms with Crippen molar-refractivity contribution >= 4 is 84.2 Å². The number of H-pyrrole nitrogens is 1. The zero-order valence-electron chi connectivity index (χ0n) is 16.1. The standard InChI is InChI=1S/C14H9NSe.C12H9NSe/c1-2-4-13-9(3-1)10-5-6-12-11(7-8-15-12)14(10)16-13;13-8-5-6-10-9-3-1-2-4-11(9)14-12(10)7-8/h1-8,15H;1-7H,13H2. The normalized spacial score (nSPS) is 11.5. The number of nitrogens with one attached hydrogen (secondary N) is 1. The summed E-state index contributed by atoms with van der Waals surface area (Å²) in [6, 6.07) is 30.2. The van der Waals surface area contributed by atoms with Gasteiger partial charge < -0.3 is 0 Å². The summed E-state index contributed by atoms with van der Waals surface area (Å²) in [7, 11) is 0. The molecule has 2 nitrogen and oxygen atoms in total. The minimum absolute atomic E-state index is 0.446. The molecular formula is C26H18N2Se2. The van der Waals surface area contributed by atoms with Crippen molar-refractivity contribution in [1.29, 1.82) is 0 Å². The molecule has 0 fully saturated rings. The fraction of sp³-hybridized carbons (Fsp3) is 0. The summed E-state index contributed by atoms with van der Waals surface area (Å²) in [6.07, 6.45) is 2.03. The van der Waals surface area contributed by atoms with Crippen LogP contribution in [-0.2, 0) is 0 Å². The van der Waals surface area contributed by atoms with Crippen LogP contribution in [0.3, 0.4) is 0 Å². The Balaban J connectivity index is 0.000000118. The summed E-state index contributed by atoms with van der Waals surface area (Å²) in [4.78, 5) is 3.29. The van der Waals surface area contributed by atoms with Crippen molar-refractivity contribution in [1.82, 2.24) is 4.98 Å². The Morgan fingerprint density at radius 1 is 0.567 bits per heavy atom. The van der Waals surface area contributed by atoms with E-state index >= 15 is 0 Å². The molecule has 3 N–H and O–H groups in total. The van der Waals surface area contributed by atoms with E-state index in [0.717, 1.165) is 5.69 Å². The molecule has 3 heterocycles. The number of nitrogen functional groups attached to an aromatic ring is 1. The van der Waals surface area contributed by atoms with E-state index in [0.29, 0.717) is 29.0 Å². The summed E-state index contributed by atoms with van der Waals surface area (Å²) < 4.78 is 5.94. The van der Waals surface area contributed by atoms with E-state index < -0.39 is 0 Å². The first kappa shape index (κ1) is 18.1. The van der Waals surface area contributed by atoms with Crippen LogP contribution in [0.15, 0.2) is 91.1 Å². The van der Waals surface area contributed by atoms with E-state index in [1.165, 1.54) is 49.5 Å². The second kappa shape index (κ2) is 7.19. The van der Waals surface area contributed by atoms with E-state index in [1.807, 2.05) is 12.3 Å². The summed E-state index contributed by atoms with van der Waals surface area (Å²) in [5.41, 5.74) is 7.91. The van der Waals surface area contributed by atoms with Gasteiger partial charge in [-0.3, -0.25) is 0 Å². The molecule has 144 valence electrons. The summed E-state index contributed by atoms with van der Waals surface area (Å²) in [5.74, 6) is 0. The molecule has 0 saturated carbocycles. The molecule has 0 bridgehead atoms. The van der Waals surface area contributed by atoms with Gasteiger partial charge in [0.25, 0.3) is 0 Å². The first-order chi connectivity index (χ1) is 14.8. The Bertz CT molecular complexity index is 1670. The Morgan fingerprint density at radius 2 is 1.23 bits per heavy atom. The molecule has 0 atom stereocenters. The Hall–Kier alpha value is -2.74. The van der Waals surface area contributed by atoms with Gasteiger partial charge in [0.1, 0.15) is 0 Å². The molecule has 4 aromatic carbocycles. The molecule has 4 heteroatoms. The molecule has 0 aliphatic heterocycles. The third-order valence-corrected chi connectivity index (χ3v) is 10.4. The van der Waals surface area contributed by atoms with Gasteiger partial charge >= 0.3 is 186 Å². The summed E-state index contributed by atoms with van der Waals surface area (Å²) in [5, 5.41) is 7.02. The first-order valence-corrected chi connectivity index (χ1v) is 13.2. The fourth-order valence-corrected chi connectivity index (χ4v) is 9.06. The molecule has 0 saturated heterocycles. The van der Waals surface area contributed by atoms with Crippen LogP contribution in [0.25, 0.3) is 49.5 Å².